The highest BCUT2D eigenvalue weighted by atomic mass is 35.5. The summed E-state index contributed by atoms with van der Waals surface area (Å²) in [4.78, 5) is 17.5. The van der Waals surface area contributed by atoms with Crippen molar-refractivity contribution in [2.24, 2.45) is 0 Å². The molecule has 1 N–H and O–H groups in total. The number of nitrogens with one attached hydrogen (secondary N) is 1. The van der Waals surface area contributed by atoms with Crippen LogP contribution >= 0.6 is 23.2 Å². The number of amides is 1. The van der Waals surface area contributed by atoms with Crippen LogP contribution in [0, 0.1) is 19.7 Å². The minimum Gasteiger partial charge on any atom is -0.326 e. The van der Waals surface area contributed by atoms with Gasteiger partial charge in [0.15, 0.2) is 0 Å². The molecule has 0 atom stereocenters. The number of anilines is 1. The molecular formula is C23H18Cl2FN3O. The Morgan fingerprint density at radius 2 is 1.80 bits per heavy atom. The fourth-order valence-corrected chi connectivity index (χ4v) is 3.90. The molecule has 0 aliphatic carbocycles. The summed E-state index contributed by atoms with van der Waals surface area (Å²) in [5.74, 6) is -0.521. The molecule has 0 unspecified atom stereocenters. The second-order valence-electron chi connectivity index (χ2n) is 7.19. The molecule has 4 rings (SSSR count). The number of carbonyl (C=O) groups excluding carboxylic acids is 1. The lowest BCUT2D eigenvalue weighted by Gasteiger charge is -2.09. The maximum absolute atomic E-state index is 13.8. The van der Waals surface area contributed by atoms with Crippen LogP contribution in [0.25, 0.3) is 16.9 Å². The summed E-state index contributed by atoms with van der Waals surface area (Å²) in [5, 5.41) is 3.70. The molecule has 152 valence electrons. The molecule has 0 saturated carbocycles. The van der Waals surface area contributed by atoms with Gasteiger partial charge in [-0.2, -0.15) is 0 Å². The van der Waals surface area contributed by atoms with E-state index in [4.69, 9.17) is 28.2 Å². The van der Waals surface area contributed by atoms with Gasteiger partial charge in [-0.25, -0.2) is 9.37 Å². The van der Waals surface area contributed by atoms with E-state index >= 15 is 0 Å². The van der Waals surface area contributed by atoms with E-state index in [9.17, 15) is 9.18 Å². The first kappa shape index (κ1) is 20.4. The first-order valence-corrected chi connectivity index (χ1v) is 10.1. The second kappa shape index (κ2) is 8.09. The number of imidazole rings is 1. The fourth-order valence-electron chi connectivity index (χ4n) is 3.37. The maximum Gasteiger partial charge on any atom is 0.230 e. The lowest BCUT2D eigenvalue weighted by atomic mass is 10.1. The maximum atomic E-state index is 13.8. The highest BCUT2D eigenvalue weighted by Crippen LogP contribution is 2.28. The summed E-state index contributed by atoms with van der Waals surface area (Å²) in [6.07, 6.45) is 2.00. The first-order chi connectivity index (χ1) is 14.3. The van der Waals surface area contributed by atoms with Gasteiger partial charge in [0.2, 0.25) is 5.91 Å². The number of fused-ring (bicyclic) bond motifs is 1. The highest BCUT2D eigenvalue weighted by Gasteiger charge is 2.18. The number of rotatable bonds is 4. The standard InChI is InChI=1S/C23H18Cl2FN3O/c1-13-3-6-21-28-23(15-4-5-19(26)14(2)7-15)20(29(21)12-13)11-22(30)27-18-9-16(24)8-17(25)10-18/h3-10,12H,11H2,1-2H3,(H,27,30). The molecule has 0 bridgehead atoms. The van der Waals surface area contributed by atoms with Crippen molar-refractivity contribution < 1.29 is 9.18 Å². The largest absolute Gasteiger partial charge is 0.326 e. The third kappa shape index (κ3) is 4.18. The quantitative estimate of drug-likeness (QED) is 0.406. The third-order valence-corrected chi connectivity index (χ3v) is 5.21. The molecule has 4 nitrogen and oxygen atoms in total. The Hall–Kier alpha value is -2.89. The number of aromatic nitrogens is 2. The van der Waals surface area contributed by atoms with Gasteiger partial charge in [0.25, 0.3) is 0 Å². The summed E-state index contributed by atoms with van der Waals surface area (Å²) in [7, 11) is 0. The number of nitrogens with zero attached hydrogens (tertiary/aromatic N) is 2. The van der Waals surface area contributed by atoms with E-state index < -0.39 is 0 Å². The predicted molar refractivity (Wildman–Crippen MR) is 119 cm³/mol. The number of carbonyl (C=O) groups is 1. The SMILES string of the molecule is Cc1ccc2nc(-c3ccc(F)c(C)c3)c(CC(=O)Nc3cc(Cl)cc(Cl)c3)n2c1. The molecule has 1 amide bonds. The summed E-state index contributed by atoms with van der Waals surface area (Å²) in [5.41, 5.74) is 4.89. The van der Waals surface area contributed by atoms with Crippen LogP contribution in [0.4, 0.5) is 10.1 Å². The number of aryl methyl sites for hydroxylation is 2. The predicted octanol–water partition coefficient (Wildman–Crippen LogP) is 6.25. The molecule has 2 heterocycles. The fraction of sp³-hybridized carbons (Fsp3) is 0.130. The van der Waals surface area contributed by atoms with Crippen LogP contribution in [-0.4, -0.2) is 15.3 Å². The second-order valence-corrected chi connectivity index (χ2v) is 8.06. The average Bonchev–Trinajstić information content (AvgIpc) is 3.00. The van der Waals surface area contributed by atoms with E-state index in [1.165, 1.54) is 6.07 Å². The monoisotopic (exact) mass is 441 g/mol. The van der Waals surface area contributed by atoms with Crippen LogP contribution < -0.4 is 5.32 Å². The van der Waals surface area contributed by atoms with E-state index in [1.54, 1.807) is 37.3 Å². The van der Waals surface area contributed by atoms with Crippen molar-refractivity contribution in [3.05, 3.63) is 87.4 Å². The van der Waals surface area contributed by atoms with Crippen LogP contribution in [0.15, 0.2) is 54.7 Å². The lowest BCUT2D eigenvalue weighted by Crippen LogP contribution is -2.16. The van der Waals surface area contributed by atoms with E-state index in [0.717, 1.165) is 11.1 Å². The molecule has 0 fully saturated rings. The molecule has 2 aromatic carbocycles. The molecule has 4 aromatic rings. The third-order valence-electron chi connectivity index (χ3n) is 4.77. The Bertz CT molecular complexity index is 1260. The van der Waals surface area contributed by atoms with E-state index in [0.29, 0.717) is 38.3 Å². The molecule has 0 saturated heterocycles. The van der Waals surface area contributed by atoms with Crippen molar-refractivity contribution in [3.8, 4) is 11.3 Å². The lowest BCUT2D eigenvalue weighted by molar-refractivity contribution is -0.115. The molecule has 0 spiro atoms. The number of pyridine rings is 1. The number of halogens is 3. The van der Waals surface area contributed by atoms with Crippen LogP contribution in [0.1, 0.15) is 16.8 Å². The van der Waals surface area contributed by atoms with Gasteiger partial charge >= 0.3 is 0 Å². The van der Waals surface area contributed by atoms with Crippen molar-refractivity contribution in [3.63, 3.8) is 0 Å². The van der Waals surface area contributed by atoms with Gasteiger partial charge in [-0.05, 0) is 67.4 Å². The smallest absolute Gasteiger partial charge is 0.230 e. The Morgan fingerprint density at radius 3 is 2.50 bits per heavy atom. The zero-order valence-corrected chi connectivity index (χ0v) is 17.9. The van der Waals surface area contributed by atoms with Gasteiger partial charge in [-0.15, -0.1) is 0 Å². The zero-order valence-electron chi connectivity index (χ0n) is 16.3. The van der Waals surface area contributed by atoms with E-state index in [1.807, 2.05) is 29.7 Å². The van der Waals surface area contributed by atoms with Crippen LogP contribution in [0.5, 0.6) is 0 Å². The van der Waals surface area contributed by atoms with E-state index in [-0.39, 0.29) is 18.1 Å². The van der Waals surface area contributed by atoms with Crippen molar-refractivity contribution in [1.29, 1.82) is 0 Å². The number of hydrogen-bond acceptors (Lipinski definition) is 2. The topological polar surface area (TPSA) is 46.4 Å². The van der Waals surface area contributed by atoms with Crippen molar-refractivity contribution in [2.45, 2.75) is 20.3 Å². The molecule has 0 radical (unpaired) electrons. The molecule has 0 aliphatic heterocycles. The summed E-state index contributed by atoms with van der Waals surface area (Å²) in [6, 6.07) is 13.5. The molecule has 2 aromatic heterocycles. The summed E-state index contributed by atoms with van der Waals surface area (Å²) >= 11 is 12.0. The van der Waals surface area contributed by atoms with Crippen molar-refractivity contribution in [1.82, 2.24) is 9.38 Å². The molecule has 7 heteroatoms. The van der Waals surface area contributed by atoms with Crippen molar-refractivity contribution >= 4 is 40.4 Å². The Morgan fingerprint density at radius 1 is 1.07 bits per heavy atom. The van der Waals surface area contributed by atoms with Gasteiger partial charge in [0.1, 0.15) is 11.5 Å². The van der Waals surface area contributed by atoms with E-state index in [2.05, 4.69) is 5.32 Å². The first-order valence-electron chi connectivity index (χ1n) is 9.30. The molecular weight excluding hydrogens is 424 g/mol. The average molecular weight is 442 g/mol. The van der Waals surface area contributed by atoms with Gasteiger partial charge < -0.3 is 9.72 Å². The number of benzene rings is 2. The summed E-state index contributed by atoms with van der Waals surface area (Å²) in [6.45, 7) is 3.67. The Kier molecular flexibility index (Phi) is 5.50. The normalized spacial score (nSPS) is 11.1. The molecule has 0 aliphatic rings. The van der Waals surface area contributed by atoms with Crippen LogP contribution in [0.3, 0.4) is 0 Å². The summed E-state index contributed by atoms with van der Waals surface area (Å²) < 4.78 is 15.7. The van der Waals surface area contributed by atoms with Gasteiger partial charge in [-0.3, -0.25) is 4.79 Å². The van der Waals surface area contributed by atoms with Gasteiger partial charge in [-0.1, -0.05) is 29.3 Å². The Balaban J connectivity index is 1.75. The molecule has 30 heavy (non-hydrogen) atoms. The number of hydrogen-bond donors (Lipinski definition) is 1. The highest BCUT2D eigenvalue weighted by molar-refractivity contribution is 6.35. The van der Waals surface area contributed by atoms with Gasteiger partial charge in [0.05, 0.1) is 17.8 Å². The van der Waals surface area contributed by atoms with Crippen molar-refractivity contribution in [2.75, 3.05) is 5.32 Å². The van der Waals surface area contributed by atoms with Crippen LogP contribution in [-0.2, 0) is 11.2 Å². The van der Waals surface area contributed by atoms with Crippen LogP contribution in [0.2, 0.25) is 10.0 Å². The Labute approximate surface area is 183 Å². The minimum atomic E-state index is -0.282. The van der Waals surface area contributed by atoms with Gasteiger partial charge in [0, 0.05) is 27.5 Å². The zero-order chi connectivity index (χ0) is 21.4. The minimum absolute atomic E-state index is 0.0700.